The highest BCUT2D eigenvalue weighted by Crippen LogP contribution is 2.36. The summed E-state index contributed by atoms with van der Waals surface area (Å²) in [6.07, 6.45) is 1.45. The van der Waals surface area contributed by atoms with E-state index < -0.39 is 13.9 Å². The molecule has 0 rings (SSSR count). The van der Waals surface area contributed by atoms with Crippen LogP contribution < -0.4 is 5.32 Å². The number of alkyl carbamates (subject to hydrolysis) is 1. The van der Waals surface area contributed by atoms with Gasteiger partial charge in [-0.05, 0) is 58.7 Å². The van der Waals surface area contributed by atoms with Crippen molar-refractivity contribution in [1.29, 1.82) is 0 Å². The first-order chi connectivity index (χ1) is 10.7. The summed E-state index contributed by atoms with van der Waals surface area (Å²) in [5.41, 5.74) is -0.459. The zero-order valence-corrected chi connectivity index (χ0v) is 18.2. The van der Waals surface area contributed by atoms with Crippen LogP contribution in [0.25, 0.3) is 0 Å². The van der Waals surface area contributed by atoms with Crippen molar-refractivity contribution < 1.29 is 18.7 Å². The number of hydrogen-bond acceptors (Lipinski definition) is 4. The molecule has 0 aliphatic rings. The molecule has 1 amide bonds. The first kappa shape index (κ1) is 23.4. The van der Waals surface area contributed by atoms with E-state index >= 15 is 0 Å². The Labute approximate surface area is 149 Å². The van der Waals surface area contributed by atoms with Crippen LogP contribution in [0.3, 0.4) is 0 Å². The number of nitrogens with one attached hydrogen (secondary N) is 1. The Balaban J connectivity index is 3.74. The lowest BCUT2D eigenvalue weighted by Gasteiger charge is -2.36. The molecule has 0 fully saturated rings. The van der Waals surface area contributed by atoms with Gasteiger partial charge in [0.05, 0.1) is 6.10 Å². The van der Waals surface area contributed by atoms with E-state index in [1.165, 1.54) is 0 Å². The summed E-state index contributed by atoms with van der Waals surface area (Å²) in [6.45, 7) is 20.8. The second kappa shape index (κ2) is 9.78. The molecule has 0 heterocycles. The second-order valence-electron chi connectivity index (χ2n) is 8.86. The minimum atomic E-state index is -1.67. The number of carbonyl (C=O) groups is 1. The van der Waals surface area contributed by atoms with Crippen molar-refractivity contribution in [2.45, 2.75) is 91.1 Å². The molecule has 0 aliphatic carbocycles. The molecule has 0 spiro atoms. The summed E-state index contributed by atoms with van der Waals surface area (Å²) in [6, 6.07) is 0. The van der Waals surface area contributed by atoms with Crippen LogP contribution in [-0.2, 0) is 13.9 Å². The number of carbonyl (C=O) groups excluding carboxylic acids is 1. The van der Waals surface area contributed by atoms with Crippen molar-refractivity contribution in [3.8, 4) is 0 Å². The smallest absolute Gasteiger partial charge is 0.407 e. The van der Waals surface area contributed by atoms with Crippen LogP contribution in [0.5, 0.6) is 0 Å². The summed E-state index contributed by atoms with van der Waals surface area (Å²) in [4.78, 5) is 11.5. The van der Waals surface area contributed by atoms with Gasteiger partial charge >= 0.3 is 6.09 Å². The maximum Gasteiger partial charge on any atom is 0.407 e. The topological polar surface area (TPSA) is 56.8 Å². The maximum absolute atomic E-state index is 11.5. The van der Waals surface area contributed by atoms with Crippen LogP contribution >= 0.6 is 0 Å². The van der Waals surface area contributed by atoms with E-state index in [0.717, 1.165) is 19.4 Å². The molecule has 5 nitrogen and oxygen atoms in total. The molecule has 24 heavy (non-hydrogen) atoms. The van der Waals surface area contributed by atoms with Crippen molar-refractivity contribution >= 4 is 14.4 Å². The fourth-order valence-electron chi connectivity index (χ4n) is 1.64. The standard InChI is InChI=1S/C18H39NO4Si/c1-15(11-14-22-24(8,9)18(5,6)7)21-13-10-12-19-16(20)23-17(2,3)4/h15H,10-14H2,1-9H3,(H,19,20). The van der Waals surface area contributed by atoms with E-state index in [-0.39, 0.29) is 17.2 Å². The van der Waals surface area contributed by atoms with Gasteiger partial charge in [-0.2, -0.15) is 0 Å². The molecule has 6 heteroatoms. The van der Waals surface area contributed by atoms with E-state index in [2.05, 4.69) is 46.1 Å². The monoisotopic (exact) mass is 361 g/mol. The van der Waals surface area contributed by atoms with Crippen molar-refractivity contribution in [2.75, 3.05) is 19.8 Å². The van der Waals surface area contributed by atoms with Crippen LogP contribution in [0, 0.1) is 0 Å². The lowest BCUT2D eigenvalue weighted by atomic mass is 10.2. The van der Waals surface area contributed by atoms with Gasteiger partial charge in [0.1, 0.15) is 5.60 Å². The predicted molar refractivity (Wildman–Crippen MR) is 102 cm³/mol. The third kappa shape index (κ3) is 11.0. The van der Waals surface area contributed by atoms with Gasteiger partial charge < -0.3 is 19.2 Å². The average Bonchev–Trinajstić information content (AvgIpc) is 2.34. The van der Waals surface area contributed by atoms with Gasteiger partial charge in [0.25, 0.3) is 0 Å². The quantitative estimate of drug-likeness (QED) is 0.477. The summed E-state index contributed by atoms with van der Waals surface area (Å²) in [5, 5.41) is 2.97. The number of ether oxygens (including phenoxy) is 2. The molecule has 0 aromatic rings. The second-order valence-corrected chi connectivity index (χ2v) is 13.7. The van der Waals surface area contributed by atoms with Gasteiger partial charge in [-0.15, -0.1) is 0 Å². The van der Waals surface area contributed by atoms with Crippen LogP contribution in [0.15, 0.2) is 0 Å². The fraction of sp³-hybridized carbons (Fsp3) is 0.944. The Morgan fingerprint density at radius 2 is 1.67 bits per heavy atom. The molecule has 0 aromatic carbocycles. The Morgan fingerprint density at radius 1 is 1.08 bits per heavy atom. The number of amides is 1. The van der Waals surface area contributed by atoms with E-state index in [4.69, 9.17) is 13.9 Å². The molecule has 0 aromatic heterocycles. The van der Waals surface area contributed by atoms with Gasteiger partial charge in [0.15, 0.2) is 8.32 Å². The molecular formula is C18H39NO4Si. The third-order valence-electron chi connectivity index (χ3n) is 4.19. The average molecular weight is 362 g/mol. The maximum atomic E-state index is 11.5. The number of rotatable bonds is 9. The van der Waals surface area contributed by atoms with E-state index in [0.29, 0.717) is 13.2 Å². The molecule has 0 saturated heterocycles. The summed E-state index contributed by atoms with van der Waals surface area (Å²) in [5.74, 6) is 0. The molecule has 144 valence electrons. The molecule has 1 unspecified atom stereocenters. The van der Waals surface area contributed by atoms with Gasteiger partial charge in [0.2, 0.25) is 0 Å². The molecule has 0 saturated carbocycles. The van der Waals surface area contributed by atoms with Crippen LogP contribution in [0.2, 0.25) is 18.1 Å². The predicted octanol–water partition coefficient (Wildman–Crippen LogP) is 4.72. The molecule has 0 radical (unpaired) electrons. The Bertz CT molecular complexity index is 372. The van der Waals surface area contributed by atoms with Crippen LogP contribution in [0.4, 0.5) is 4.79 Å². The minimum Gasteiger partial charge on any atom is -0.444 e. The van der Waals surface area contributed by atoms with Crippen molar-refractivity contribution in [2.24, 2.45) is 0 Å². The fourth-order valence-corrected chi connectivity index (χ4v) is 2.70. The summed E-state index contributed by atoms with van der Waals surface area (Å²) < 4.78 is 17.1. The normalized spacial score (nSPS) is 14.4. The van der Waals surface area contributed by atoms with Crippen molar-refractivity contribution in [3.05, 3.63) is 0 Å². The van der Waals surface area contributed by atoms with Crippen molar-refractivity contribution in [1.82, 2.24) is 5.32 Å². The highest BCUT2D eigenvalue weighted by Gasteiger charge is 2.36. The van der Waals surface area contributed by atoms with Gasteiger partial charge in [-0.1, -0.05) is 20.8 Å². The zero-order valence-electron chi connectivity index (χ0n) is 17.2. The van der Waals surface area contributed by atoms with Crippen LogP contribution in [-0.4, -0.2) is 45.9 Å². The zero-order chi connectivity index (χ0) is 19.0. The Morgan fingerprint density at radius 3 is 2.17 bits per heavy atom. The van der Waals surface area contributed by atoms with E-state index in [1.54, 1.807) is 0 Å². The van der Waals surface area contributed by atoms with Gasteiger partial charge in [-0.3, -0.25) is 0 Å². The molecular weight excluding hydrogens is 322 g/mol. The summed E-state index contributed by atoms with van der Waals surface area (Å²) >= 11 is 0. The van der Waals surface area contributed by atoms with Gasteiger partial charge in [0, 0.05) is 19.8 Å². The van der Waals surface area contributed by atoms with Gasteiger partial charge in [-0.25, -0.2) is 4.79 Å². The molecule has 0 aliphatic heterocycles. The molecule has 1 N–H and O–H groups in total. The first-order valence-corrected chi connectivity index (χ1v) is 11.9. The van der Waals surface area contributed by atoms with Crippen molar-refractivity contribution in [3.63, 3.8) is 0 Å². The highest BCUT2D eigenvalue weighted by molar-refractivity contribution is 6.74. The number of hydrogen-bond donors (Lipinski definition) is 1. The van der Waals surface area contributed by atoms with E-state index in [1.807, 2.05) is 20.8 Å². The first-order valence-electron chi connectivity index (χ1n) is 8.97. The Kier molecular flexibility index (Phi) is 9.54. The highest BCUT2D eigenvalue weighted by atomic mass is 28.4. The van der Waals surface area contributed by atoms with Crippen LogP contribution in [0.1, 0.15) is 61.3 Å². The Hall–Kier alpha value is -0.593. The lowest BCUT2D eigenvalue weighted by molar-refractivity contribution is 0.0432. The molecule has 0 bridgehead atoms. The largest absolute Gasteiger partial charge is 0.444 e. The third-order valence-corrected chi connectivity index (χ3v) is 8.72. The lowest BCUT2D eigenvalue weighted by Crippen LogP contribution is -2.41. The SMILES string of the molecule is CC(CCO[Si](C)(C)C(C)(C)C)OCCCNC(=O)OC(C)(C)C. The molecule has 1 atom stereocenters. The summed E-state index contributed by atoms with van der Waals surface area (Å²) in [7, 11) is -1.67. The minimum absolute atomic E-state index is 0.163. The van der Waals surface area contributed by atoms with E-state index in [9.17, 15) is 4.79 Å².